The molecule has 1 atom stereocenters. The van der Waals surface area contributed by atoms with Crippen LogP contribution in [0.4, 0.5) is 0 Å². The second kappa shape index (κ2) is 5.97. The lowest BCUT2D eigenvalue weighted by Crippen LogP contribution is -2.16. The van der Waals surface area contributed by atoms with Gasteiger partial charge >= 0.3 is 0 Å². The predicted octanol–water partition coefficient (Wildman–Crippen LogP) is 2.59. The number of pyridine rings is 1. The molecule has 0 fully saturated rings. The van der Waals surface area contributed by atoms with Crippen LogP contribution in [-0.2, 0) is 0 Å². The number of hydrogen-bond acceptors (Lipinski definition) is 6. The zero-order valence-corrected chi connectivity index (χ0v) is 11.5. The molecule has 0 radical (unpaired) electrons. The Morgan fingerprint density at radius 2 is 2.22 bits per heavy atom. The van der Waals surface area contributed by atoms with E-state index in [-0.39, 0.29) is 0 Å². The molecular formula is C12H16N4OS. The van der Waals surface area contributed by atoms with E-state index in [4.69, 9.17) is 4.42 Å². The first-order chi connectivity index (χ1) is 8.72. The van der Waals surface area contributed by atoms with Gasteiger partial charge in [-0.15, -0.1) is 10.2 Å². The third-order valence-corrected chi connectivity index (χ3v) is 3.40. The summed E-state index contributed by atoms with van der Waals surface area (Å²) in [5.74, 6) is 0.573. The summed E-state index contributed by atoms with van der Waals surface area (Å²) in [7, 11) is 1.94. The lowest BCUT2D eigenvalue weighted by Gasteiger charge is -2.12. The van der Waals surface area contributed by atoms with Gasteiger partial charge in [0.2, 0.25) is 5.89 Å². The van der Waals surface area contributed by atoms with Crippen LogP contribution in [-0.4, -0.2) is 22.2 Å². The van der Waals surface area contributed by atoms with E-state index in [9.17, 15) is 0 Å². The normalized spacial score (nSPS) is 12.6. The molecule has 2 rings (SSSR count). The van der Waals surface area contributed by atoms with Crippen molar-refractivity contribution in [3.05, 3.63) is 29.9 Å². The number of rotatable bonds is 5. The van der Waals surface area contributed by atoms with Gasteiger partial charge in [-0.2, -0.15) is 0 Å². The Hall–Kier alpha value is -1.40. The molecule has 0 saturated heterocycles. The molecule has 0 aliphatic rings. The largest absolute Gasteiger partial charge is 0.416 e. The molecule has 1 N–H and O–H groups in total. The second-order valence-corrected chi connectivity index (χ2v) is 4.88. The minimum absolute atomic E-state index is 0.301. The van der Waals surface area contributed by atoms with Crippen molar-refractivity contribution in [3.8, 4) is 0 Å². The zero-order chi connectivity index (χ0) is 13.0. The molecule has 0 amide bonds. The molecule has 0 spiro atoms. The Bertz CT molecular complexity index is 493. The summed E-state index contributed by atoms with van der Waals surface area (Å²) in [5, 5.41) is 11.5. The number of nitrogens with zero attached hydrogens (tertiary/aromatic N) is 3. The summed E-state index contributed by atoms with van der Waals surface area (Å²) in [6.07, 6.45) is 2.85. The van der Waals surface area contributed by atoms with E-state index in [1.165, 1.54) is 11.8 Å². The highest BCUT2D eigenvalue weighted by Crippen LogP contribution is 2.26. The second-order valence-electron chi connectivity index (χ2n) is 3.86. The molecule has 0 aliphatic heterocycles. The summed E-state index contributed by atoms with van der Waals surface area (Å²) in [4.78, 5) is 5.44. The van der Waals surface area contributed by atoms with Crippen LogP contribution >= 0.6 is 11.8 Å². The highest BCUT2D eigenvalue weighted by atomic mass is 32.2. The molecule has 0 aromatic carbocycles. The highest BCUT2D eigenvalue weighted by Gasteiger charge is 2.09. The number of aryl methyl sites for hydroxylation is 1. The molecule has 2 aromatic rings. The lowest BCUT2D eigenvalue weighted by atomic mass is 10.1. The summed E-state index contributed by atoms with van der Waals surface area (Å²) in [5.41, 5.74) is 1.05. The number of hydrogen-bond donors (Lipinski definition) is 1. The summed E-state index contributed by atoms with van der Waals surface area (Å²) in [6.45, 7) is 3.91. The van der Waals surface area contributed by atoms with Crippen LogP contribution in [0.3, 0.4) is 0 Å². The molecule has 0 aliphatic carbocycles. The van der Waals surface area contributed by atoms with E-state index in [0.29, 0.717) is 17.2 Å². The molecule has 1 unspecified atom stereocenters. The molecule has 2 heterocycles. The quantitative estimate of drug-likeness (QED) is 0.895. The van der Waals surface area contributed by atoms with E-state index in [1.807, 2.05) is 25.4 Å². The molecule has 96 valence electrons. The zero-order valence-electron chi connectivity index (χ0n) is 10.7. The Labute approximate surface area is 110 Å². The van der Waals surface area contributed by atoms with Crippen LogP contribution in [0.5, 0.6) is 0 Å². The minimum atomic E-state index is 0.301. The first kappa shape index (κ1) is 13.0. The van der Waals surface area contributed by atoms with Crippen molar-refractivity contribution in [2.75, 3.05) is 7.05 Å². The SMILES string of the molecule is CCC(NC)c1ccc(Sc2nnc(C)o2)cn1. The molecule has 0 bridgehead atoms. The van der Waals surface area contributed by atoms with Crippen LogP contribution < -0.4 is 5.32 Å². The third kappa shape index (κ3) is 3.08. The van der Waals surface area contributed by atoms with Gasteiger partial charge in [-0.25, -0.2) is 0 Å². The molecular weight excluding hydrogens is 248 g/mol. The standard InChI is InChI=1S/C12H16N4OS/c1-4-10(13-3)11-6-5-9(7-14-11)18-12-16-15-8(2)17-12/h5-7,10,13H,4H2,1-3H3. The average Bonchev–Trinajstić information content (AvgIpc) is 2.78. The van der Waals surface area contributed by atoms with E-state index in [0.717, 1.165) is 17.0 Å². The Balaban J connectivity index is 2.07. The summed E-state index contributed by atoms with van der Waals surface area (Å²) in [6, 6.07) is 4.35. The van der Waals surface area contributed by atoms with Crippen molar-refractivity contribution < 1.29 is 4.42 Å². The maximum absolute atomic E-state index is 5.31. The fourth-order valence-corrected chi connectivity index (χ4v) is 2.33. The first-order valence-electron chi connectivity index (χ1n) is 5.84. The predicted molar refractivity (Wildman–Crippen MR) is 69.5 cm³/mol. The van der Waals surface area contributed by atoms with Gasteiger partial charge in [0, 0.05) is 24.1 Å². The van der Waals surface area contributed by atoms with Crippen LogP contribution in [0.1, 0.15) is 31.0 Å². The van der Waals surface area contributed by atoms with Crippen molar-refractivity contribution in [2.24, 2.45) is 0 Å². The fraction of sp³-hybridized carbons (Fsp3) is 0.417. The number of nitrogens with one attached hydrogen (secondary N) is 1. The van der Waals surface area contributed by atoms with E-state index >= 15 is 0 Å². The maximum atomic E-state index is 5.31. The molecule has 18 heavy (non-hydrogen) atoms. The van der Waals surface area contributed by atoms with Gasteiger partial charge in [0.25, 0.3) is 5.22 Å². The van der Waals surface area contributed by atoms with Gasteiger partial charge in [0.05, 0.1) is 5.69 Å². The van der Waals surface area contributed by atoms with Gasteiger partial charge in [0.1, 0.15) is 0 Å². The Morgan fingerprint density at radius 3 is 2.72 bits per heavy atom. The van der Waals surface area contributed by atoms with Crippen molar-refractivity contribution >= 4 is 11.8 Å². The van der Waals surface area contributed by atoms with Crippen molar-refractivity contribution in [2.45, 2.75) is 36.4 Å². The van der Waals surface area contributed by atoms with Gasteiger partial charge in [-0.1, -0.05) is 6.92 Å². The lowest BCUT2D eigenvalue weighted by molar-refractivity contribution is 0.429. The Kier molecular flexibility index (Phi) is 4.33. The molecule has 6 heteroatoms. The van der Waals surface area contributed by atoms with Crippen LogP contribution in [0, 0.1) is 6.92 Å². The van der Waals surface area contributed by atoms with Gasteiger partial charge in [-0.05, 0) is 37.4 Å². The van der Waals surface area contributed by atoms with Crippen molar-refractivity contribution in [1.29, 1.82) is 0 Å². The molecule has 5 nitrogen and oxygen atoms in total. The van der Waals surface area contributed by atoms with Gasteiger partial charge < -0.3 is 9.73 Å². The van der Waals surface area contributed by atoms with Crippen molar-refractivity contribution in [1.82, 2.24) is 20.5 Å². The minimum Gasteiger partial charge on any atom is -0.416 e. The first-order valence-corrected chi connectivity index (χ1v) is 6.65. The highest BCUT2D eigenvalue weighted by molar-refractivity contribution is 7.99. The third-order valence-electron chi connectivity index (χ3n) is 2.59. The number of aromatic nitrogens is 3. The summed E-state index contributed by atoms with van der Waals surface area (Å²) < 4.78 is 5.31. The average molecular weight is 264 g/mol. The summed E-state index contributed by atoms with van der Waals surface area (Å²) >= 11 is 1.42. The topological polar surface area (TPSA) is 63.8 Å². The van der Waals surface area contributed by atoms with Crippen molar-refractivity contribution in [3.63, 3.8) is 0 Å². The smallest absolute Gasteiger partial charge is 0.281 e. The van der Waals surface area contributed by atoms with Crippen LogP contribution in [0.2, 0.25) is 0 Å². The van der Waals surface area contributed by atoms with E-state index in [2.05, 4.69) is 27.4 Å². The van der Waals surface area contributed by atoms with E-state index < -0.39 is 0 Å². The fourth-order valence-electron chi connectivity index (χ4n) is 1.64. The Morgan fingerprint density at radius 1 is 1.39 bits per heavy atom. The van der Waals surface area contributed by atoms with Crippen LogP contribution in [0.25, 0.3) is 0 Å². The molecule has 0 saturated carbocycles. The van der Waals surface area contributed by atoms with E-state index in [1.54, 1.807) is 6.92 Å². The van der Waals surface area contributed by atoms with Gasteiger partial charge in [0.15, 0.2) is 0 Å². The molecule has 2 aromatic heterocycles. The van der Waals surface area contributed by atoms with Crippen LogP contribution in [0.15, 0.2) is 32.9 Å². The maximum Gasteiger partial charge on any atom is 0.281 e. The monoisotopic (exact) mass is 264 g/mol. The van der Waals surface area contributed by atoms with Gasteiger partial charge in [-0.3, -0.25) is 4.98 Å².